The van der Waals surface area contributed by atoms with E-state index in [0.29, 0.717) is 0 Å². The molecule has 0 fully saturated rings. The maximum Gasteiger partial charge on any atom is 0.250 e. The normalized spacial score (nSPS) is 11.1. The van der Waals surface area contributed by atoms with Gasteiger partial charge in [0, 0.05) is 25.2 Å². The second-order valence-electron chi connectivity index (χ2n) is 6.87. The Hall–Kier alpha value is -2.86. The predicted octanol–water partition coefficient (Wildman–Crippen LogP) is 4.16. The van der Waals surface area contributed by atoms with Crippen molar-refractivity contribution in [2.24, 2.45) is 5.10 Å². The van der Waals surface area contributed by atoms with E-state index in [4.69, 9.17) is 0 Å². The number of aromatic nitrogens is 1. The van der Waals surface area contributed by atoms with Crippen LogP contribution in [0, 0.1) is 13.8 Å². The molecule has 1 aromatic heterocycles. The van der Waals surface area contributed by atoms with Gasteiger partial charge in [-0.3, -0.25) is 4.79 Å². The van der Waals surface area contributed by atoms with E-state index in [1.807, 2.05) is 55.4 Å². The van der Waals surface area contributed by atoms with Gasteiger partial charge in [0.25, 0.3) is 0 Å². The third-order valence-electron chi connectivity index (χ3n) is 4.31. The fourth-order valence-electron chi connectivity index (χ4n) is 2.76. The zero-order valence-electron chi connectivity index (χ0n) is 16.6. The van der Waals surface area contributed by atoms with E-state index in [9.17, 15) is 4.79 Å². The highest BCUT2D eigenvalue weighted by atomic mass is 32.2. The van der Waals surface area contributed by atoms with Crippen molar-refractivity contribution in [3.8, 4) is 0 Å². The lowest BCUT2D eigenvalue weighted by atomic mass is 10.1. The van der Waals surface area contributed by atoms with Gasteiger partial charge in [-0.05, 0) is 55.3 Å². The van der Waals surface area contributed by atoms with Crippen LogP contribution in [0.2, 0.25) is 0 Å². The van der Waals surface area contributed by atoms with Crippen LogP contribution in [-0.4, -0.2) is 37.0 Å². The van der Waals surface area contributed by atoms with E-state index in [1.54, 1.807) is 6.21 Å². The van der Waals surface area contributed by atoms with Crippen LogP contribution < -0.4 is 10.3 Å². The SMILES string of the molecule is Cc1ccc2nc(SCC(=O)N/N=C\c3ccc(N(C)C)cc3)cc(C)c2c1. The average Bonchev–Trinajstić information content (AvgIpc) is 2.67. The van der Waals surface area contributed by atoms with Gasteiger partial charge in [-0.15, -0.1) is 0 Å². The Kier molecular flexibility index (Phi) is 6.31. The van der Waals surface area contributed by atoms with Gasteiger partial charge >= 0.3 is 0 Å². The number of carbonyl (C=O) groups is 1. The molecule has 0 aliphatic heterocycles. The van der Waals surface area contributed by atoms with Crippen molar-refractivity contribution in [2.75, 3.05) is 24.7 Å². The topological polar surface area (TPSA) is 57.6 Å². The van der Waals surface area contributed by atoms with Gasteiger partial charge in [0.1, 0.15) is 0 Å². The second-order valence-corrected chi connectivity index (χ2v) is 7.86. The Bertz CT molecular complexity index is 1010. The molecule has 0 bridgehead atoms. The number of fused-ring (bicyclic) bond motifs is 1. The van der Waals surface area contributed by atoms with Crippen molar-refractivity contribution >= 4 is 40.5 Å². The summed E-state index contributed by atoms with van der Waals surface area (Å²) in [5, 5.41) is 6.03. The minimum Gasteiger partial charge on any atom is -0.378 e. The molecule has 3 aromatic rings. The number of hydrogen-bond acceptors (Lipinski definition) is 5. The molecule has 2 aromatic carbocycles. The Balaban J connectivity index is 1.55. The van der Waals surface area contributed by atoms with E-state index in [1.165, 1.54) is 17.3 Å². The summed E-state index contributed by atoms with van der Waals surface area (Å²) in [6.45, 7) is 4.14. The van der Waals surface area contributed by atoms with E-state index < -0.39 is 0 Å². The zero-order valence-corrected chi connectivity index (χ0v) is 17.4. The van der Waals surface area contributed by atoms with Gasteiger partial charge in [0.2, 0.25) is 5.91 Å². The number of carbonyl (C=O) groups excluding carboxylic acids is 1. The number of hydrogen-bond donors (Lipinski definition) is 1. The van der Waals surface area contributed by atoms with Gasteiger partial charge in [-0.2, -0.15) is 5.10 Å². The number of pyridine rings is 1. The third-order valence-corrected chi connectivity index (χ3v) is 5.22. The van der Waals surface area contributed by atoms with Gasteiger partial charge in [0.05, 0.1) is 22.5 Å². The first-order valence-corrected chi connectivity index (χ1v) is 10.0. The molecular formula is C22H24N4OS. The van der Waals surface area contributed by atoms with Crippen LogP contribution >= 0.6 is 11.8 Å². The summed E-state index contributed by atoms with van der Waals surface area (Å²) in [5.41, 5.74) is 7.95. The zero-order chi connectivity index (χ0) is 20.1. The molecule has 1 N–H and O–H groups in total. The predicted molar refractivity (Wildman–Crippen MR) is 118 cm³/mol. The molecule has 6 heteroatoms. The van der Waals surface area contributed by atoms with E-state index >= 15 is 0 Å². The summed E-state index contributed by atoms with van der Waals surface area (Å²) in [4.78, 5) is 18.7. The molecule has 1 heterocycles. The molecule has 3 rings (SSSR count). The second kappa shape index (κ2) is 8.89. The molecule has 0 saturated heterocycles. The minimum atomic E-state index is -0.158. The van der Waals surface area contributed by atoms with Crippen LogP contribution in [0.15, 0.2) is 58.7 Å². The molecule has 5 nitrogen and oxygen atoms in total. The van der Waals surface area contributed by atoms with Crippen molar-refractivity contribution in [1.29, 1.82) is 0 Å². The van der Waals surface area contributed by atoms with Crippen LogP contribution in [0.4, 0.5) is 5.69 Å². The first-order valence-electron chi connectivity index (χ1n) is 9.02. The summed E-state index contributed by atoms with van der Waals surface area (Å²) >= 11 is 1.41. The van der Waals surface area contributed by atoms with Gasteiger partial charge in [-0.1, -0.05) is 35.5 Å². The van der Waals surface area contributed by atoms with Crippen molar-refractivity contribution < 1.29 is 4.79 Å². The molecule has 0 unspecified atom stereocenters. The van der Waals surface area contributed by atoms with Crippen LogP contribution in [0.3, 0.4) is 0 Å². The van der Waals surface area contributed by atoms with Crippen molar-refractivity contribution in [1.82, 2.24) is 10.4 Å². The van der Waals surface area contributed by atoms with E-state index in [-0.39, 0.29) is 11.7 Å². The Morgan fingerprint density at radius 3 is 2.61 bits per heavy atom. The van der Waals surface area contributed by atoms with Gasteiger partial charge in [0.15, 0.2) is 0 Å². The largest absolute Gasteiger partial charge is 0.378 e. The first-order chi connectivity index (χ1) is 13.4. The fourth-order valence-corrected chi connectivity index (χ4v) is 3.53. The summed E-state index contributed by atoms with van der Waals surface area (Å²) < 4.78 is 0. The lowest BCUT2D eigenvalue weighted by Crippen LogP contribution is -2.19. The highest BCUT2D eigenvalue weighted by Gasteiger charge is 2.07. The number of hydrazone groups is 1. The smallest absolute Gasteiger partial charge is 0.250 e. The molecule has 0 aliphatic rings. The average molecular weight is 393 g/mol. The van der Waals surface area contributed by atoms with E-state index in [0.717, 1.165) is 32.7 Å². The third kappa shape index (κ3) is 5.10. The number of anilines is 1. The number of aryl methyl sites for hydroxylation is 2. The minimum absolute atomic E-state index is 0.158. The number of amides is 1. The molecule has 0 saturated carbocycles. The maximum absolute atomic E-state index is 12.1. The highest BCUT2D eigenvalue weighted by Crippen LogP contribution is 2.24. The molecule has 0 atom stereocenters. The lowest BCUT2D eigenvalue weighted by molar-refractivity contribution is -0.118. The van der Waals surface area contributed by atoms with Crippen LogP contribution in [-0.2, 0) is 4.79 Å². The Labute approximate surface area is 169 Å². The Morgan fingerprint density at radius 1 is 1.14 bits per heavy atom. The number of nitrogens with one attached hydrogen (secondary N) is 1. The van der Waals surface area contributed by atoms with Crippen LogP contribution in [0.5, 0.6) is 0 Å². The number of benzene rings is 2. The summed E-state index contributed by atoms with van der Waals surface area (Å²) in [7, 11) is 3.99. The lowest BCUT2D eigenvalue weighted by Gasteiger charge is -2.11. The van der Waals surface area contributed by atoms with Gasteiger partial charge < -0.3 is 4.90 Å². The quantitative estimate of drug-likeness (QED) is 0.389. The first kappa shape index (κ1) is 19.9. The van der Waals surface area contributed by atoms with Crippen LogP contribution in [0.1, 0.15) is 16.7 Å². The van der Waals surface area contributed by atoms with Crippen molar-refractivity contribution in [2.45, 2.75) is 18.9 Å². The number of rotatable bonds is 6. The van der Waals surface area contributed by atoms with Gasteiger partial charge in [-0.25, -0.2) is 10.4 Å². The molecule has 0 aliphatic carbocycles. The molecule has 144 valence electrons. The molecule has 0 spiro atoms. The molecular weight excluding hydrogens is 368 g/mol. The fraction of sp³-hybridized carbons (Fsp3) is 0.227. The number of nitrogens with zero attached hydrogens (tertiary/aromatic N) is 3. The Morgan fingerprint density at radius 2 is 1.89 bits per heavy atom. The maximum atomic E-state index is 12.1. The molecule has 28 heavy (non-hydrogen) atoms. The summed E-state index contributed by atoms with van der Waals surface area (Å²) in [6, 6.07) is 16.2. The molecule has 1 amide bonds. The molecule has 0 radical (unpaired) electrons. The summed E-state index contributed by atoms with van der Waals surface area (Å²) in [6.07, 6.45) is 1.64. The number of thioether (sulfide) groups is 1. The monoisotopic (exact) mass is 392 g/mol. The highest BCUT2D eigenvalue weighted by molar-refractivity contribution is 7.99. The summed E-state index contributed by atoms with van der Waals surface area (Å²) in [5.74, 6) is 0.107. The standard InChI is InChI=1S/C22H24N4OS/c1-15-5-10-20-19(11-15)16(2)12-22(24-20)28-14-21(27)25-23-13-17-6-8-18(9-7-17)26(3)4/h5-13H,14H2,1-4H3,(H,25,27)/b23-13-. The van der Waals surface area contributed by atoms with Crippen molar-refractivity contribution in [3.63, 3.8) is 0 Å². The van der Waals surface area contributed by atoms with E-state index in [2.05, 4.69) is 41.5 Å². The van der Waals surface area contributed by atoms with Crippen LogP contribution in [0.25, 0.3) is 10.9 Å². The van der Waals surface area contributed by atoms with Crippen molar-refractivity contribution in [3.05, 3.63) is 65.2 Å².